The van der Waals surface area contributed by atoms with Crippen LogP contribution in [-0.2, 0) is 6.42 Å². The largest absolute Gasteiger partial charge is 0.339 e. The summed E-state index contributed by atoms with van der Waals surface area (Å²) >= 11 is 1.62. The van der Waals surface area contributed by atoms with Crippen LogP contribution in [0.5, 0.6) is 0 Å². The zero-order valence-electron chi connectivity index (χ0n) is 10.1. The molecule has 17 heavy (non-hydrogen) atoms. The van der Waals surface area contributed by atoms with E-state index in [0.717, 1.165) is 30.2 Å². The van der Waals surface area contributed by atoms with Gasteiger partial charge in [-0.1, -0.05) is 25.1 Å². The Labute approximate surface area is 105 Å². The fraction of sp³-hybridized carbons (Fsp3) is 0.500. The van der Waals surface area contributed by atoms with Crippen LogP contribution in [0.4, 0.5) is 0 Å². The standard InChI is InChI=1S/C12H17N3OS/c1-9(2)13-7-3-6-11-14-12(15-16-11)10-5-4-8-17-10/h4-5,8-9,13H,3,6-7H2,1-2H3. The van der Waals surface area contributed by atoms with Gasteiger partial charge in [0.15, 0.2) is 0 Å². The predicted octanol–water partition coefficient (Wildman–Crippen LogP) is 2.73. The van der Waals surface area contributed by atoms with E-state index in [0.29, 0.717) is 11.9 Å². The van der Waals surface area contributed by atoms with Crippen LogP contribution < -0.4 is 5.32 Å². The molecular formula is C12H17N3OS. The highest BCUT2D eigenvalue weighted by Crippen LogP contribution is 2.21. The number of rotatable bonds is 6. The molecule has 0 fully saturated rings. The van der Waals surface area contributed by atoms with Gasteiger partial charge in [-0.15, -0.1) is 11.3 Å². The molecule has 0 radical (unpaired) electrons. The van der Waals surface area contributed by atoms with Crippen molar-refractivity contribution in [1.29, 1.82) is 0 Å². The minimum atomic E-state index is 0.527. The van der Waals surface area contributed by atoms with E-state index in [2.05, 4.69) is 29.3 Å². The van der Waals surface area contributed by atoms with Gasteiger partial charge in [0.05, 0.1) is 4.88 Å². The number of hydrogen-bond acceptors (Lipinski definition) is 5. The number of aromatic nitrogens is 2. The zero-order chi connectivity index (χ0) is 12.1. The maximum Gasteiger partial charge on any atom is 0.227 e. The smallest absolute Gasteiger partial charge is 0.227 e. The summed E-state index contributed by atoms with van der Waals surface area (Å²) in [5, 5.41) is 9.35. The fourth-order valence-corrected chi connectivity index (χ4v) is 2.14. The molecule has 0 aliphatic rings. The second-order valence-corrected chi connectivity index (χ2v) is 5.15. The van der Waals surface area contributed by atoms with Crippen molar-refractivity contribution in [2.24, 2.45) is 0 Å². The quantitative estimate of drug-likeness (QED) is 0.802. The molecule has 4 nitrogen and oxygen atoms in total. The minimum Gasteiger partial charge on any atom is -0.339 e. The summed E-state index contributed by atoms with van der Waals surface area (Å²) in [7, 11) is 0. The SMILES string of the molecule is CC(C)NCCCc1nc(-c2cccs2)no1. The Morgan fingerprint density at radius 1 is 1.47 bits per heavy atom. The van der Waals surface area contributed by atoms with Crippen LogP contribution in [0.15, 0.2) is 22.0 Å². The van der Waals surface area contributed by atoms with Crippen LogP contribution in [-0.4, -0.2) is 22.7 Å². The average molecular weight is 251 g/mol. The Balaban J connectivity index is 1.83. The molecule has 0 amide bonds. The average Bonchev–Trinajstić information content (AvgIpc) is 2.94. The number of aryl methyl sites for hydroxylation is 1. The van der Waals surface area contributed by atoms with Gasteiger partial charge in [-0.05, 0) is 24.4 Å². The van der Waals surface area contributed by atoms with Gasteiger partial charge in [0.1, 0.15) is 0 Å². The van der Waals surface area contributed by atoms with Crippen molar-refractivity contribution in [2.75, 3.05) is 6.54 Å². The van der Waals surface area contributed by atoms with Crippen molar-refractivity contribution in [3.05, 3.63) is 23.4 Å². The molecule has 2 aromatic heterocycles. The van der Waals surface area contributed by atoms with Gasteiger partial charge in [-0.2, -0.15) is 4.98 Å². The van der Waals surface area contributed by atoms with Crippen LogP contribution in [0, 0.1) is 0 Å². The Kier molecular flexibility index (Phi) is 4.28. The van der Waals surface area contributed by atoms with Gasteiger partial charge in [0.25, 0.3) is 0 Å². The molecule has 0 atom stereocenters. The summed E-state index contributed by atoms with van der Waals surface area (Å²) in [4.78, 5) is 5.43. The maximum absolute atomic E-state index is 5.21. The summed E-state index contributed by atoms with van der Waals surface area (Å²) in [5.41, 5.74) is 0. The van der Waals surface area contributed by atoms with E-state index in [9.17, 15) is 0 Å². The summed E-state index contributed by atoms with van der Waals surface area (Å²) in [5.74, 6) is 1.42. The predicted molar refractivity (Wildman–Crippen MR) is 69.1 cm³/mol. The molecule has 0 unspecified atom stereocenters. The molecule has 5 heteroatoms. The van der Waals surface area contributed by atoms with E-state index in [1.807, 2.05) is 17.5 Å². The number of thiophene rings is 1. The molecule has 1 N–H and O–H groups in total. The molecule has 92 valence electrons. The summed E-state index contributed by atoms with van der Waals surface area (Å²) < 4.78 is 5.21. The normalized spacial score (nSPS) is 11.2. The first-order chi connectivity index (χ1) is 8.25. The minimum absolute atomic E-state index is 0.527. The van der Waals surface area contributed by atoms with Gasteiger partial charge < -0.3 is 9.84 Å². The van der Waals surface area contributed by atoms with Crippen LogP contribution in [0.25, 0.3) is 10.7 Å². The monoisotopic (exact) mass is 251 g/mol. The van der Waals surface area contributed by atoms with Crippen molar-refractivity contribution in [3.8, 4) is 10.7 Å². The van der Waals surface area contributed by atoms with Crippen molar-refractivity contribution in [2.45, 2.75) is 32.7 Å². The first-order valence-corrected chi connectivity index (χ1v) is 6.73. The van der Waals surface area contributed by atoms with Gasteiger partial charge >= 0.3 is 0 Å². The van der Waals surface area contributed by atoms with Crippen molar-refractivity contribution in [1.82, 2.24) is 15.5 Å². The van der Waals surface area contributed by atoms with Crippen molar-refractivity contribution >= 4 is 11.3 Å². The van der Waals surface area contributed by atoms with Gasteiger partial charge in [0, 0.05) is 12.5 Å². The third kappa shape index (κ3) is 3.64. The Hall–Kier alpha value is -1.20. The lowest BCUT2D eigenvalue weighted by Gasteiger charge is -2.05. The molecule has 2 rings (SSSR count). The lowest BCUT2D eigenvalue weighted by atomic mass is 10.3. The highest BCUT2D eigenvalue weighted by molar-refractivity contribution is 7.13. The lowest BCUT2D eigenvalue weighted by Crippen LogP contribution is -2.23. The second kappa shape index (κ2) is 5.93. The van der Waals surface area contributed by atoms with E-state index >= 15 is 0 Å². The summed E-state index contributed by atoms with van der Waals surface area (Å²) in [6.07, 6.45) is 1.85. The summed E-state index contributed by atoms with van der Waals surface area (Å²) in [6, 6.07) is 4.52. The molecule has 2 heterocycles. The molecule has 0 aliphatic heterocycles. The Morgan fingerprint density at radius 2 is 2.35 bits per heavy atom. The number of hydrogen-bond donors (Lipinski definition) is 1. The third-order valence-electron chi connectivity index (χ3n) is 2.33. The van der Waals surface area contributed by atoms with Crippen LogP contribution in [0.2, 0.25) is 0 Å². The molecule has 0 aromatic carbocycles. The van der Waals surface area contributed by atoms with E-state index in [4.69, 9.17) is 4.52 Å². The van der Waals surface area contributed by atoms with E-state index in [1.165, 1.54) is 0 Å². The van der Waals surface area contributed by atoms with Crippen LogP contribution >= 0.6 is 11.3 Å². The molecule has 0 saturated heterocycles. The third-order valence-corrected chi connectivity index (χ3v) is 3.20. The number of nitrogens with zero attached hydrogens (tertiary/aromatic N) is 2. The maximum atomic E-state index is 5.21. The van der Waals surface area contributed by atoms with E-state index in [1.54, 1.807) is 11.3 Å². The molecule has 0 bridgehead atoms. The Morgan fingerprint density at radius 3 is 3.06 bits per heavy atom. The topological polar surface area (TPSA) is 51.0 Å². The molecule has 0 aliphatic carbocycles. The second-order valence-electron chi connectivity index (χ2n) is 4.20. The summed E-state index contributed by atoms with van der Waals surface area (Å²) in [6.45, 7) is 5.26. The lowest BCUT2D eigenvalue weighted by molar-refractivity contribution is 0.374. The molecule has 0 spiro atoms. The first kappa shape index (κ1) is 12.3. The van der Waals surface area contributed by atoms with E-state index in [-0.39, 0.29) is 0 Å². The molecule has 0 saturated carbocycles. The Bertz CT molecular complexity index is 436. The van der Waals surface area contributed by atoms with Crippen molar-refractivity contribution < 1.29 is 4.52 Å². The van der Waals surface area contributed by atoms with Gasteiger partial charge in [0.2, 0.25) is 11.7 Å². The highest BCUT2D eigenvalue weighted by atomic mass is 32.1. The zero-order valence-corrected chi connectivity index (χ0v) is 11.0. The van der Waals surface area contributed by atoms with E-state index < -0.39 is 0 Å². The van der Waals surface area contributed by atoms with Crippen LogP contribution in [0.1, 0.15) is 26.2 Å². The van der Waals surface area contributed by atoms with Gasteiger partial charge in [-0.25, -0.2) is 0 Å². The fourth-order valence-electron chi connectivity index (χ4n) is 1.49. The first-order valence-electron chi connectivity index (χ1n) is 5.85. The van der Waals surface area contributed by atoms with Gasteiger partial charge in [-0.3, -0.25) is 0 Å². The highest BCUT2D eigenvalue weighted by Gasteiger charge is 2.08. The van der Waals surface area contributed by atoms with Crippen molar-refractivity contribution in [3.63, 3.8) is 0 Å². The molecule has 2 aromatic rings. The number of nitrogens with one attached hydrogen (secondary N) is 1. The molecular weight excluding hydrogens is 234 g/mol. The van der Waals surface area contributed by atoms with Crippen LogP contribution in [0.3, 0.4) is 0 Å².